The summed E-state index contributed by atoms with van der Waals surface area (Å²) < 4.78 is 28.4. The predicted molar refractivity (Wildman–Crippen MR) is 153 cm³/mol. The van der Waals surface area contributed by atoms with E-state index in [4.69, 9.17) is 23.8 Å². The number of nitrogens with zero attached hydrogens (tertiary/aromatic N) is 4. The van der Waals surface area contributed by atoms with Crippen molar-refractivity contribution < 1.29 is 23.3 Å². The van der Waals surface area contributed by atoms with Gasteiger partial charge in [0.15, 0.2) is 6.23 Å². The molecule has 1 aromatic heterocycles. The molecule has 5 atom stereocenters. The summed E-state index contributed by atoms with van der Waals surface area (Å²) in [5.74, 6) is -0.176. The third kappa shape index (κ3) is 7.52. The molecule has 2 heterocycles. The van der Waals surface area contributed by atoms with Gasteiger partial charge in [-0.05, 0) is 53.2 Å². The van der Waals surface area contributed by atoms with E-state index in [9.17, 15) is 9.59 Å². The highest BCUT2D eigenvalue weighted by Crippen LogP contribution is 2.50. The zero-order chi connectivity index (χ0) is 29.4. The maximum absolute atomic E-state index is 13.2. The standard InChI is InChI=1S/C28H40N5O6P/c1-8-22-23(39-40(37-16-12-15-29)33(18(2)3)19(4)5)24(36-7)27(38-22)32-17-20(6)25(31-28(32)35)30-26(34)21-13-10-9-11-14-21/h9-11,13-14,17-19,22-24,27H,8,12,16H2,1-7H3,(H,30,31,34,35)/t22-,23-,24-,27-,40?/m1/s1. The van der Waals surface area contributed by atoms with E-state index >= 15 is 0 Å². The van der Waals surface area contributed by atoms with Crippen LogP contribution in [0.4, 0.5) is 5.82 Å². The van der Waals surface area contributed by atoms with E-state index in [0.717, 1.165) is 0 Å². The van der Waals surface area contributed by atoms with E-state index in [1.54, 1.807) is 44.5 Å². The molecule has 3 rings (SSSR count). The molecule has 1 aromatic carbocycles. The third-order valence-corrected chi connectivity index (χ3v) is 8.64. The van der Waals surface area contributed by atoms with Crippen molar-refractivity contribution >= 4 is 20.3 Å². The molecule has 0 spiro atoms. The fraction of sp³-hybridized carbons (Fsp3) is 0.571. The van der Waals surface area contributed by atoms with Gasteiger partial charge in [0, 0.05) is 36.5 Å². The number of hydrogen-bond donors (Lipinski definition) is 1. The number of methoxy groups -OCH3 is 1. The molecule has 11 nitrogen and oxygen atoms in total. The molecule has 40 heavy (non-hydrogen) atoms. The molecule has 12 heteroatoms. The van der Waals surface area contributed by atoms with Crippen molar-refractivity contribution in [2.24, 2.45) is 0 Å². The smallest absolute Gasteiger partial charge is 0.351 e. The maximum Gasteiger partial charge on any atom is 0.351 e. The fourth-order valence-corrected chi connectivity index (χ4v) is 6.45. The number of hydrogen-bond acceptors (Lipinski definition) is 9. The quantitative estimate of drug-likeness (QED) is 0.266. The topological polar surface area (TPSA) is 128 Å². The number of amides is 1. The Labute approximate surface area is 237 Å². The lowest BCUT2D eigenvalue weighted by Gasteiger charge is -2.38. The van der Waals surface area contributed by atoms with Crippen LogP contribution in [0.2, 0.25) is 0 Å². The van der Waals surface area contributed by atoms with E-state index in [0.29, 0.717) is 17.5 Å². The Balaban J connectivity index is 1.89. The highest BCUT2D eigenvalue weighted by Gasteiger charge is 2.49. The second kappa shape index (κ2) is 14.8. The number of aryl methyl sites for hydroxylation is 1. The number of carbonyl (C=O) groups excluding carboxylic acids is 1. The first-order valence-corrected chi connectivity index (χ1v) is 14.6. The number of nitriles is 1. The zero-order valence-electron chi connectivity index (χ0n) is 24.2. The molecule has 1 amide bonds. The second-order valence-electron chi connectivity index (χ2n) is 10.1. The van der Waals surface area contributed by atoms with E-state index in [2.05, 4.69) is 48.7 Å². The minimum atomic E-state index is -1.56. The molecular weight excluding hydrogens is 533 g/mol. The lowest BCUT2D eigenvalue weighted by Crippen LogP contribution is -2.40. The molecule has 218 valence electrons. The predicted octanol–water partition coefficient (Wildman–Crippen LogP) is 4.79. The number of anilines is 1. The number of aromatic nitrogens is 2. The summed E-state index contributed by atoms with van der Waals surface area (Å²) in [4.78, 5) is 30.0. The van der Waals surface area contributed by atoms with E-state index < -0.39 is 32.7 Å². The summed E-state index contributed by atoms with van der Waals surface area (Å²) in [6.07, 6.45) is 0.0947. The molecule has 0 radical (unpaired) electrons. The van der Waals surface area contributed by atoms with Gasteiger partial charge in [0.1, 0.15) is 18.0 Å². The van der Waals surface area contributed by atoms with Crippen molar-refractivity contribution in [3.8, 4) is 6.07 Å². The molecule has 2 aromatic rings. The molecule has 1 saturated heterocycles. The first kappa shape index (κ1) is 31.8. The Bertz CT molecular complexity index is 1210. The summed E-state index contributed by atoms with van der Waals surface area (Å²) >= 11 is 0. The summed E-state index contributed by atoms with van der Waals surface area (Å²) in [6.45, 7) is 12.2. The third-order valence-electron chi connectivity index (χ3n) is 6.51. The molecule has 1 unspecified atom stereocenters. The van der Waals surface area contributed by atoms with Gasteiger partial charge >= 0.3 is 5.69 Å². The Hall–Kier alpha value is -2.71. The Morgan fingerprint density at radius 3 is 2.48 bits per heavy atom. The summed E-state index contributed by atoms with van der Waals surface area (Å²) in [5, 5.41) is 11.8. The van der Waals surface area contributed by atoms with Crippen LogP contribution in [0.1, 0.15) is 69.6 Å². The van der Waals surface area contributed by atoms with Crippen molar-refractivity contribution in [2.45, 2.75) is 91.0 Å². The molecule has 0 aliphatic carbocycles. The van der Waals surface area contributed by atoms with E-state index in [1.807, 2.05) is 13.0 Å². The van der Waals surface area contributed by atoms with Crippen LogP contribution in [0.15, 0.2) is 41.3 Å². The number of benzene rings is 1. The summed E-state index contributed by atoms with van der Waals surface area (Å²) in [7, 11) is -0.00552. The van der Waals surface area contributed by atoms with Gasteiger partial charge in [-0.1, -0.05) is 25.1 Å². The SMILES string of the molecule is CC[C@H]1O[C@@H](n2cc(C)c(NC(=O)c3ccccc3)nc2=O)[C@H](OC)[C@@H]1OP(OCCC#N)N(C(C)C)C(C)C. The van der Waals surface area contributed by atoms with Crippen molar-refractivity contribution in [3.05, 3.63) is 58.1 Å². The molecule has 1 aliphatic heterocycles. The van der Waals surface area contributed by atoms with Gasteiger partial charge in [0.2, 0.25) is 0 Å². The highest BCUT2D eigenvalue weighted by atomic mass is 31.2. The number of rotatable bonds is 13. The highest BCUT2D eigenvalue weighted by molar-refractivity contribution is 7.44. The molecule has 0 saturated carbocycles. The first-order chi connectivity index (χ1) is 19.1. The van der Waals surface area contributed by atoms with Gasteiger partial charge in [-0.25, -0.2) is 9.46 Å². The normalized spacial score (nSPS) is 21.6. The Kier molecular flexibility index (Phi) is 11.8. The van der Waals surface area contributed by atoms with Crippen LogP contribution >= 0.6 is 8.53 Å². The minimum Gasteiger partial charge on any atom is -0.374 e. The summed E-state index contributed by atoms with van der Waals surface area (Å²) in [6, 6.07) is 11.1. The van der Waals surface area contributed by atoms with Crippen molar-refractivity contribution in [2.75, 3.05) is 19.0 Å². The van der Waals surface area contributed by atoms with Gasteiger partial charge < -0.3 is 23.8 Å². The second-order valence-corrected chi connectivity index (χ2v) is 11.5. The van der Waals surface area contributed by atoms with Crippen LogP contribution in [0.3, 0.4) is 0 Å². The van der Waals surface area contributed by atoms with Gasteiger partial charge in [-0.2, -0.15) is 10.2 Å². The van der Waals surface area contributed by atoms with E-state index in [1.165, 1.54) is 4.57 Å². The molecule has 1 fully saturated rings. The van der Waals surface area contributed by atoms with Crippen LogP contribution in [-0.2, 0) is 18.5 Å². The van der Waals surface area contributed by atoms with Crippen LogP contribution in [0, 0.1) is 18.3 Å². The van der Waals surface area contributed by atoms with Crippen molar-refractivity contribution in [1.82, 2.24) is 14.2 Å². The summed E-state index contributed by atoms with van der Waals surface area (Å²) in [5.41, 5.74) is 0.463. The molecular formula is C28H40N5O6P. The Morgan fingerprint density at radius 1 is 1.23 bits per heavy atom. The lowest BCUT2D eigenvalue weighted by atomic mass is 10.1. The van der Waals surface area contributed by atoms with Crippen molar-refractivity contribution in [1.29, 1.82) is 5.26 Å². The van der Waals surface area contributed by atoms with Crippen LogP contribution in [-0.4, -0.2) is 64.2 Å². The lowest BCUT2D eigenvalue weighted by molar-refractivity contribution is -0.0539. The maximum atomic E-state index is 13.2. The van der Waals surface area contributed by atoms with Crippen molar-refractivity contribution in [3.63, 3.8) is 0 Å². The zero-order valence-corrected chi connectivity index (χ0v) is 25.1. The molecule has 1 aliphatic rings. The van der Waals surface area contributed by atoms with Gasteiger partial charge in [0.05, 0.1) is 25.2 Å². The largest absolute Gasteiger partial charge is 0.374 e. The Morgan fingerprint density at radius 2 is 1.90 bits per heavy atom. The number of carbonyl (C=O) groups is 1. The fourth-order valence-electron chi connectivity index (χ4n) is 4.68. The van der Waals surface area contributed by atoms with Crippen LogP contribution < -0.4 is 11.0 Å². The van der Waals surface area contributed by atoms with Gasteiger partial charge in [-0.3, -0.25) is 9.36 Å². The minimum absolute atomic E-state index is 0.125. The van der Waals surface area contributed by atoms with Crippen LogP contribution in [0.25, 0.3) is 0 Å². The average molecular weight is 574 g/mol. The number of ether oxygens (including phenoxy) is 2. The first-order valence-electron chi connectivity index (χ1n) is 13.5. The van der Waals surface area contributed by atoms with E-state index in [-0.39, 0.29) is 42.9 Å². The van der Waals surface area contributed by atoms with Gasteiger partial charge in [-0.15, -0.1) is 0 Å². The van der Waals surface area contributed by atoms with Crippen LogP contribution in [0.5, 0.6) is 0 Å². The van der Waals surface area contributed by atoms with Gasteiger partial charge in [0.25, 0.3) is 14.4 Å². The average Bonchev–Trinajstić information content (AvgIpc) is 3.27. The number of nitrogens with one attached hydrogen (secondary N) is 1. The molecule has 0 bridgehead atoms. The monoisotopic (exact) mass is 573 g/mol. The molecule has 1 N–H and O–H groups in total.